The first-order valence-corrected chi connectivity index (χ1v) is 6.21. The lowest BCUT2D eigenvalue weighted by atomic mass is 10.1. The van der Waals surface area contributed by atoms with Crippen molar-refractivity contribution >= 4 is 11.6 Å². The molecule has 0 saturated heterocycles. The Morgan fingerprint density at radius 3 is 2.83 bits per heavy atom. The van der Waals surface area contributed by atoms with E-state index >= 15 is 0 Å². The molecule has 0 aliphatic rings. The van der Waals surface area contributed by atoms with Crippen LogP contribution in [-0.2, 0) is 0 Å². The molecule has 0 aliphatic carbocycles. The highest BCUT2D eigenvalue weighted by Gasteiger charge is 2.09. The smallest absolute Gasteiger partial charge is 0.269 e. The summed E-state index contributed by atoms with van der Waals surface area (Å²) in [6.07, 6.45) is 1.90. The number of anilines is 1. The molecule has 1 aromatic heterocycles. The molecule has 0 bridgehead atoms. The molecule has 0 saturated carbocycles. The Labute approximate surface area is 108 Å². The highest BCUT2D eigenvalue weighted by molar-refractivity contribution is 5.93. The van der Waals surface area contributed by atoms with Crippen molar-refractivity contribution in [2.75, 3.05) is 11.9 Å². The van der Waals surface area contributed by atoms with Gasteiger partial charge in [0, 0.05) is 24.5 Å². The maximum absolute atomic E-state index is 11.6. The first-order valence-electron chi connectivity index (χ1n) is 6.21. The summed E-state index contributed by atoms with van der Waals surface area (Å²) >= 11 is 0. The predicted molar refractivity (Wildman–Crippen MR) is 71.6 cm³/mol. The molecule has 2 unspecified atom stereocenters. The average Bonchev–Trinajstić information content (AvgIpc) is 2.28. The number of nitrogens with zero attached hydrogens (tertiary/aromatic N) is 1. The summed E-state index contributed by atoms with van der Waals surface area (Å²) in [6.45, 7) is 6.19. The Morgan fingerprint density at radius 2 is 2.22 bits per heavy atom. The topological polar surface area (TPSA) is 74.2 Å². The maximum Gasteiger partial charge on any atom is 0.269 e. The second kappa shape index (κ2) is 6.96. The zero-order valence-electron chi connectivity index (χ0n) is 11.1. The van der Waals surface area contributed by atoms with E-state index in [4.69, 9.17) is 0 Å². The van der Waals surface area contributed by atoms with Crippen LogP contribution in [0.1, 0.15) is 37.7 Å². The molecule has 1 aromatic rings. The molecule has 18 heavy (non-hydrogen) atoms. The third-order valence-electron chi connectivity index (χ3n) is 2.44. The summed E-state index contributed by atoms with van der Waals surface area (Å²) in [7, 11) is 0. The zero-order valence-corrected chi connectivity index (χ0v) is 11.1. The van der Waals surface area contributed by atoms with Crippen molar-refractivity contribution in [1.29, 1.82) is 0 Å². The minimum absolute atomic E-state index is 0.134. The minimum Gasteiger partial charge on any atom is -0.393 e. The van der Waals surface area contributed by atoms with E-state index in [1.165, 1.54) is 0 Å². The standard InChI is InChI=1S/C13H21N3O2/c1-4-14-13(18)12-8-11(5-6-15-12)16-9(2)7-10(3)17/h5-6,8-10,17H,4,7H2,1-3H3,(H,14,18)(H,15,16). The van der Waals surface area contributed by atoms with Gasteiger partial charge in [0.05, 0.1) is 6.10 Å². The Bertz CT molecular complexity index is 394. The Morgan fingerprint density at radius 1 is 1.50 bits per heavy atom. The number of carbonyl (C=O) groups is 1. The molecule has 2 atom stereocenters. The minimum atomic E-state index is -0.350. The molecule has 0 radical (unpaired) electrons. The van der Waals surface area contributed by atoms with E-state index in [1.54, 1.807) is 25.3 Å². The van der Waals surface area contributed by atoms with E-state index in [0.29, 0.717) is 18.7 Å². The van der Waals surface area contributed by atoms with Gasteiger partial charge in [-0.1, -0.05) is 0 Å². The van der Waals surface area contributed by atoms with Gasteiger partial charge >= 0.3 is 0 Å². The molecular weight excluding hydrogens is 230 g/mol. The number of hydrogen-bond acceptors (Lipinski definition) is 4. The van der Waals surface area contributed by atoms with Crippen LogP contribution in [0, 0.1) is 0 Å². The SMILES string of the molecule is CCNC(=O)c1cc(NC(C)CC(C)O)ccn1. The molecule has 0 aliphatic heterocycles. The lowest BCUT2D eigenvalue weighted by Crippen LogP contribution is -2.24. The van der Waals surface area contributed by atoms with Gasteiger partial charge in [-0.2, -0.15) is 0 Å². The maximum atomic E-state index is 11.6. The van der Waals surface area contributed by atoms with E-state index in [2.05, 4.69) is 15.6 Å². The molecule has 1 amide bonds. The number of carbonyl (C=O) groups excluding carboxylic acids is 1. The summed E-state index contributed by atoms with van der Waals surface area (Å²) in [5.74, 6) is -0.177. The number of aliphatic hydroxyl groups is 1. The van der Waals surface area contributed by atoms with Crippen LogP contribution in [-0.4, -0.2) is 34.7 Å². The van der Waals surface area contributed by atoms with E-state index in [0.717, 1.165) is 5.69 Å². The Balaban J connectivity index is 2.67. The van der Waals surface area contributed by atoms with Gasteiger partial charge in [0.15, 0.2) is 0 Å². The van der Waals surface area contributed by atoms with Crippen LogP contribution in [0.25, 0.3) is 0 Å². The van der Waals surface area contributed by atoms with Gasteiger partial charge in [-0.05, 0) is 39.3 Å². The molecule has 0 fully saturated rings. The van der Waals surface area contributed by atoms with Crippen molar-refractivity contribution in [3.05, 3.63) is 24.0 Å². The first kappa shape index (κ1) is 14.4. The van der Waals surface area contributed by atoms with Crippen molar-refractivity contribution < 1.29 is 9.90 Å². The van der Waals surface area contributed by atoms with Crippen molar-refractivity contribution in [1.82, 2.24) is 10.3 Å². The number of aromatic nitrogens is 1. The van der Waals surface area contributed by atoms with E-state index in [-0.39, 0.29) is 18.1 Å². The van der Waals surface area contributed by atoms with Crippen molar-refractivity contribution in [2.45, 2.75) is 39.3 Å². The molecule has 1 heterocycles. The van der Waals surface area contributed by atoms with Crippen LogP contribution >= 0.6 is 0 Å². The fourth-order valence-electron chi connectivity index (χ4n) is 1.75. The summed E-state index contributed by atoms with van der Waals surface area (Å²) in [6, 6.07) is 3.65. The average molecular weight is 251 g/mol. The van der Waals surface area contributed by atoms with Gasteiger partial charge in [0.25, 0.3) is 5.91 Å². The van der Waals surface area contributed by atoms with Gasteiger partial charge in [-0.25, -0.2) is 0 Å². The highest BCUT2D eigenvalue weighted by atomic mass is 16.3. The third kappa shape index (κ3) is 4.71. The van der Waals surface area contributed by atoms with Crippen LogP contribution in [0.15, 0.2) is 18.3 Å². The second-order valence-corrected chi connectivity index (χ2v) is 4.42. The Kier molecular flexibility index (Phi) is 5.58. The van der Waals surface area contributed by atoms with Crippen LogP contribution < -0.4 is 10.6 Å². The normalized spacial score (nSPS) is 13.8. The molecule has 0 aromatic carbocycles. The summed E-state index contributed by atoms with van der Waals surface area (Å²) in [4.78, 5) is 15.6. The molecule has 3 N–H and O–H groups in total. The molecule has 100 valence electrons. The van der Waals surface area contributed by atoms with Crippen molar-refractivity contribution in [3.63, 3.8) is 0 Å². The number of amides is 1. The summed E-state index contributed by atoms with van der Waals surface area (Å²) < 4.78 is 0. The molecule has 5 nitrogen and oxygen atoms in total. The van der Waals surface area contributed by atoms with E-state index in [9.17, 15) is 9.90 Å². The van der Waals surface area contributed by atoms with Gasteiger partial charge < -0.3 is 15.7 Å². The van der Waals surface area contributed by atoms with Gasteiger partial charge in [0.1, 0.15) is 5.69 Å². The fraction of sp³-hybridized carbons (Fsp3) is 0.538. The number of aliphatic hydroxyl groups excluding tert-OH is 1. The monoisotopic (exact) mass is 251 g/mol. The number of rotatable bonds is 6. The molecule has 1 rings (SSSR count). The van der Waals surface area contributed by atoms with Gasteiger partial charge in [-0.15, -0.1) is 0 Å². The number of hydrogen-bond donors (Lipinski definition) is 3. The number of pyridine rings is 1. The lowest BCUT2D eigenvalue weighted by molar-refractivity contribution is 0.0951. The first-order chi connectivity index (χ1) is 8.52. The fourth-order valence-corrected chi connectivity index (χ4v) is 1.75. The van der Waals surface area contributed by atoms with Crippen molar-refractivity contribution in [3.8, 4) is 0 Å². The van der Waals surface area contributed by atoms with E-state index in [1.807, 2.05) is 13.8 Å². The van der Waals surface area contributed by atoms with Crippen molar-refractivity contribution in [2.24, 2.45) is 0 Å². The highest BCUT2D eigenvalue weighted by Crippen LogP contribution is 2.11. The van der Waals surface area contributed by atoms with Crippen LogP contribution in [0.2, 0.25) is 0 Å². The van der Waals surface area contributed by atoms with Gasteiger partial charge in [0.2, 0.25) is 0 Å². The molecular formula is C13H21N3O2. The molecule has 0 spiro atoms. The molecule has 5 heteroatoms. The van der Waals surface area contributed by atoms with E-state index < -0.39 is 0 Å². The van der Waals surface area contributed by atoms with Crippen LogP contribution in [0.5, 0.6) is 0 Å². The quantitative estimate of drug-likeness (QED) is 0.714. The summed E-state index contributed by atoms with van der Waals surface area (Å²) in [5.41, 5.74) is 1.23. The lowest BCUT2D eigenvalue weighted by Gasteiger charge is -2.16. The Hall–Kier alpha value is -1.62. The number of nitrogens with one attached hydrogen (secondary N) is 2. The van der Waals surface area contributed by atoms with Gasteiger partial charge in [-0.3, -0.25) is 9.78 Å². The largest absolute Gasteiger partial charge is 0.393 e. The zero-order chi connectivity index (χ0) is 13.5. The third-order valence-corrected chi connectivity index (χ3v) is 2.44. The second-order valence-electron chi connectivity index (χ2n) is 4.42. The summed E-state index contributed by atoms with van der Waals surface area (Å²) in [5, 5.41) is 15.2. The van der Waals surface area contributed by atoms with Crippen LogP contribution in [0.3, 0.4) is 0 Å². The predicted octanol–water partition coefficient (Wildman–Crippen LogP) is 1.40. The van der Waals surface area contributed by atoms with Crippen LogP contribution in [0.4, 0.5) is 5.69 Å².